The molecule has 0 fully saturated rings. The van der Waals surface area contributed by atoms with Gasteiger partial charge in [-0.1, -0.05) is 0 Å². The second kappa shape index (κ2) is 1.88. The highest BCUT2D eigenvalue weighted by molar-refractivity contribution is 6.49. The van der Waals surface area contributed by atoms with E-state index in [0.29, 0.717) is 11.3 Å². The van der Waals surface area contributed by atoms with Gasteiger partial charge in [-0.15, -0.1) is 0 Å². The molecule has 1 N–H and O–H groups in total. The highest BCUT2D eigenvalue weighted by Crippen LogP contribution is 2.13. The Morgan fingerprint density at radius 3 is 2.91 bits per heavy atom. The SMILES string of the molecule is O=C1C=Cc2[nH]ncc2C1=O. The van der Waals surface area contributed by atoms with Crippen LogP contribution in [0.4, 0.5) is 0 Å². The van der Waals surface area contributed by atoms with E-state index in [0.717, 1.165) is 0 Å². The molecule has 0 radical (unpaired) electrons. The fourth-order valence-corrected chi connectivity index (χ4v) is 0.972. The molecule has 0 bridgehead atoms. The zero-order valence-electron chi connectivity index (χ0n) is 5.50. The second-order valence-corrected chi connectivity index (χ2v) is 2.22. The van der Waals surface area contributed by atoms with Gasteiger partial charge in [0.25, 0.3) is 0 Å². The van der Waals surface area contributed by atoms with E-state index in [4.69, 9.17) is 0 Å². The monoisotopic (exact) mass is 148 g/mol. The maximum absolute atomic E-state index is 11.0. The minimum absolute atomic E-state index is 0.359. The predicted molar refractivity (Wildman–Crippen MR) is 37.0 cm³/mol. The molecule has 0 saturated carbocycles. The van der Waals surface area contributed by atoms with Crippen LogP contribution in [0.5, 0.6) is 0 Å². The number of fused-ring (bicyclic) bond motifs is 1. The first-order chi connectivity index (χ1) is 5.29. The Balaban J connectivity index is 2.66. The third-order valence-electron chi connectivity index (χ3n) is 1.54. The fourth-order valence-electron chi connectivity index (χ4n) is 0.972. The summed E-state index contributed by atoms with van der Waals surface area (Å²) in [7, 11) is 0. The molecule has 1 aliphatic rings. The first kappa shape index (κ1) is 6.03. The van der Waals surface area contributed by atoms with Crippen molar-refractivity contribution in [3.8, 4) is 0 Å². The van der Waals surface area contributed by atoms with Crippen molar-refractivity contribution in [3.05, 3.63) is 23.5 Å². The number of carbonyl (C=O) groups excluding carboxylic acids is 2. The van der Waals surface area contributed by atoms with Gasteiger partial charge in [0.05, 0.1) is 17.5 Å². The lowest BCUT2D eigenvalue weighted by molar-refractivity contribution is -0.110. The van der Waals surface area contributed by atoms with Crippen molar-refractivity contribution in [1.29, 1.82) is 0 Å². The minimum Gasteiger partial charge on any atom is -0.286 e. The molecule has 0 aromatic carbocycles. The smallest absolute Gasteiger partial charge is 0.236 e. The van der Waals surface area contributed by atoms with E-state index in [1.165, 1.54) is 12.3 Å². The van der Waals surface area contributed by atoms with Crippen LogP contribution in [0.15, 0.2) is 12.3 Å². The Labute approximate surface area is 61.9 Å². The summed E-state index contributed by atoms with van der Waals surface area (Å²) in [5, 5.41) is 6.24. The number of aromatic nitrogens is 2. The number of allylic oxidation sites excluding steroid dienone is 1. The fraction of sp³-hybridized carbons (Fsp3) is 0. The van der Waals surface area contributed by atoms with Crippen molar-refractivity contribution in [2.75, 3.05) is 0 Å². The average Bonchev–Trinajstić information content (AvgIpc) is 2.45. The molecule has 4 heteroatoms. The maximum Gasteiger partial charge on any atom is 0.236 e. The van der Waals surface area contributed by atoms with E-state index in [-0.39, 0.29) is 0 Å². The summed E-state index contributed by atoms with van der Waals surface area (Å²) in [6, 6.07) is 0. The summed E-state index contributed by atoms with van der Waals surface area (Å²) in [6.45, 7) is 0. The van der Waals surface area contributed by atoms with E-state index in [1.54, 1.807) is 6.08 Å². The molecular weight excluding hydrogens is 144 g/mol. The van der Waals surface area contributed by atoms with Crippen LogP contribution in [0, 0.1) is 0 Å². The van der Waals surface area contributed by atoms with E-state index < -0.39 is 11.6 Å². The largest absolute Gasteiger partial charge is 0.286 e. The van der Waals surface area contributed by atoms with Crippen LogP contribution in [0.25, 0.3) is 6.08 Å². The summed E-state index contributed by atoms with van der Waals surface area (Å²) in [6.07, 6.45) is 4.15. The van der Waals surface area contributed by atoms with E-state index in [1.807, 2.05) is 0 Å². The summed E-state index contributed by atoms with van der Waals surface area (Å²) in [5.41, 5.74) is 0.965. The van der Waals surface area contributed by atoms with Crippen molar-refractivity contribution in [3.63, 3.8) is 0 Å². The van der Waals surface area contributed by atoms with Gasteiger partial charge in [0.1, 0.15) is 0 Å². The zero-order valence-corrected chi connectivity index (χ0v) is 5.50. The average molecular weight is 148 g/mol. The molecule has 0 unspecified atom stereocenters. The Morgan fingerprint density at radius 1 is 1.27 bits per heavy atom. The lowest BCUT2D eigenvalue weighted by Gasteiger charge is -1.98. The highest BCUT2D eigenvalue weighted by atomic mass is 16.2. The summed E-state index contributed by atoms with van der Waals surface area (Å²) in [4.78, 5) is 21.8. The number of hydrogen-bond acceptors (Lipinski definition) is 3. The normalized spacial score (nSPS) is 15.3. The van der Waals surface area contributed by atoms with Crippen LogP contribution >= 0.6 is 0 Å². The van der Waals surface area contributed by atoms with Crippen LogP contribution in [0.3, 0.4) is 0 Å². The first-order valence-electron chi connectivity index (χ1n) is 3.09. The van der Waals surface area contributed by atoms with Crippen LogP contribution < -0.4 is 0 Å². The molecule has 2 rings (SSSR count). The molecule has 1 aliphatic carbocycles. The van der Waals surface area contributed by atoms with Crippen molar-refractivity contribution in [1.82, 2.24) is 10.2 Å². The quantitative estimate of drug-likeness (QED) is 0.534. The number of H-pyrrole nitrogens is 1. The molecule has 1 aromatic rings. The van der Waals surface area contributed by atoms with E-state index in [9.17, 15) is 9.59 Å². The third-order valence-corrected chi connectivity index (χ3v) is 1.54. The van der Waals surface area contributed by atoms with Crippen LogP contribution in [-0.4, -0.2) is 21.8 Å². The van der Waals surface area contributed by atoms with Crippen molar-refractivity contribution >= 4 is 17.6 Å². The van der Waals surface area contributed by atoms with Crippen LogP contribution in [0.1, 0.15) is 16.1 Å². The van der Waals surface area contributed by atoms with E-state index in [2.05, 4.69) is 10.2 Å². The highest BCUT2D eigenvalue weighted by Gasteiger charge is 2.21. The lowest BCUT2D eigenvalue weighted by atomic mass is 10.0. The number of Topliss-reactive ketones (excluding diaryl/α,β-unsaturated/α-hetero) is 1. The standard InChI is InChI=1S/C7H4N2O2/c10-6-2-1-5-4(7(6)11)3-8-9-5/h1-3H,(H,8,9). The molecule has 0 spiro atoms. The Morgan fingerprint density at radius 2 is 2.09 bits per heavy atom. The molecule has 11 heavy (non-hydrogen) atoms. The number of carbonyl (C=O) groups is 2. The lowest BCUT2D eigenvalue weighted by Crippen LogP contribution is -2.14. The number of hydrogen-bond donors (Lipinski definition) is 1. The molecule has 1 heterocycles. The summed E-state index contributed by atoms with van der Waals surface area (Å²) < 4.78 is 0. The van der Waals surface area contributed by atoms with Crippen molar-refractivity contribution in [2.45, 2.75) is 0 Å². The maximum atomic E-state index is 11.0. The second-order valence-electron chi connectivity index (χ2n) is 2.22. The molecular formula is C7H4N2O2. The Kier molecular flexibility index (Phi) is 1.03. The number of rotatable bonds is 0. The van der Waals surface area contributed by atoms with Crippen molar-refractivity contribution < 1.29 is 9.59 Å². The molecule has 0 aliphatic heterocycles. The van der Waals surface area contributed by atoms with Gasteiger partial charge in [0, 0.05) is 0 Å². The first-order valence-corrected chi connectivity index (χ1v) is 3.09. The topological polar surface area (TPSA) is 62.8 Å². The minimum atomic E-state index is -0.490. The molecule has 1 aromatic heterocycles. The van der Waals surface area contributed by atoms with Crippen LogP contribution in [-0.2, 0) is 4.79 Å². The van der Waals surface area contributed by atoms with Gasteiger partial charge >= 0.3 is 0 Å². The molecule has 0 atom stereocenters. The zero-order chi connectivity index (χ0) is 7.84. The van der Waals surface area contributed by atoms with Gasteiger partial charge in [0.15, 0.2) is 0 Å². The van der Waals surface area contributed by atoms with Gasteiger partial charge in [-0.25, -0.2) is 0 Å². The van der Waals surface area contributed by atoms with Gasteiger partial charge in [-0.3, -0.25) is 14.7 Å². The van der Waals surface area contributed by atoms with Gasteiger partial charge in [-0.05, 0) is 12.2 Å². The third kappa shape index (κ3) is 0.724. The number of nitrogens with one attached hydrogen (secondary N) is 1. The van der Waals surface area contributed by atoms with Gasteiger partial charge in [-0.2, -0.15) is 5.10 Å². The molecule has 0 amide bonds. The van der Waals surface area contributed by atoms with Gasteiger partial charge in [0.2, 0.25) is 11.6 Å². The summed E-state index contributed by atoms with van der Waals surface area (Å²) in [5.74, 6) is -0.977. The number of nitrogens with zero attached hydrogens (tertiary/aromatic N) is 1. The van der Waals surface area contributed by atoms with Crippen LogP contribution in [0.2, 0.25) is 0 Å². The number of ketones is 2. The predicted octanol–water partition coefficient (Wildman–Crippen LogP) is 0.188. The Hall–Kier alpha value is -1.71. The Bertz CT molecular complexity index is 362. The molecule has 0 saturated heterocycles. The van der Waals surface area contributed by atoms with Crippen molar-refractivity contribution in [2.24, 2.45) is 0 Å². The van der Waals surface area contributed by atoms with E-state index >= 15 is 0 Å². The summed E-state index contributed by atoms with van der Waals surface area (Å²) >= 11 is 0. The molecule has 4 nitrogen and oxygen atoms in total. The number of aromatic amines is 1. The molecule has 54 valence electrons. The van der Waals surface area contributed by atoms with Gasteiger partial charge < -0.3 is 0 Å².